The molecule has 0 N–H and O–H groups in total. The van der Waals surface area contributed by atoms with Crippen LogP contribution in [0.4, 0.5) is 22.7 Å². The molecule has 0 amide bonds. The molecule has 1 aliphatic rings. The van der Waals surface area contributed by atoms with Gasteiger partial charge in [-0.1, -0.05) is 201 Å². The molecule has 5 nitrogen and oxygen atoms in total. The van der Waals surface area contributed by atoms with E-state index in [9.17, 15) is 0 Å². The van der Waals surface area contributed by atoms with E-state index in [2.05, 4.69) is 290 Å². The number of aromatic nitrogens is 2. The molecule has 0 atom stereocenters. The molecule has 0 saturated carbocycles. The molecule has 1 aliphatic heterocycles. The van der Waals surface area contributed by atoms with Crippen molar-refractivity contribution < 1.29 is 25.8 Å². The van der Waals surface area contributed by atoms with Crippen LogP contribution in [0.15, 0.2) is 158 Å². The molecule has 7 aromatic carbocycles. The molecule has 76 heavy (non-hydrogen) atoms. The van der Waals surface area contributed by atoms with Crippen molar-refractivity contribution in [2.24, 2.45) is 0 Å². The maximum Gasteiger partial charge on any atom is 0.135 e. The molecule has 6 heteroatoms. The van der Waals surface area contributed by atoms with E-state index in [4.69, 9.17) is 9.72 Å². The minimum Gasteiger partial charge on any atom is -0.509 e. The molecule has 0 bridgehead atoms. The summed E-state index contributed by atoms with van der Waals surface area (Å²) >= 11 is 0. The van der Waals surface area contributed by atoms with Crippen LogP contribution in [0.2, 0.25) is 0 Å². The molecule has 0 fully saturated rings. The van der Waals surface area contributed by atoms with Crippen molar-refractivity contribution in [1.82, 2.24) is 9.55 Å². The Kier molecular flexibility index (Phi) is 14.0. The maximum absolute atomic E-state index is 7.13. The fraction of sp³-hybridized carbons (Fsp3) is 0.314. The molecule has 10 rings (SSSR count). The molecular weight excluding hydrogens is 1110 g/mol. The van der Waals surface area contributed by atoms with Gasteiger partial charge in [-0.05, 0) is 114 Å². The average Bonchev–Trinajstić information content (AvgIpc) is 3.95. The molecule has 0 saturated heterocycles. The largest absolute Gasteiger partial charge is 0.509 e. The van der Waals surface area contributed by atoms with Gasteiger partial charge in [0.05, 0.1) is 0 Å². The van der Waals surface area contributed by atoms with Gasteiger partial charge in [0.2, 0.25) is 0 Å². The van der Waals surface area contributed by atoms with Gasteiger partial charge in [-0.2, -0.15) is 6.07 Å². The monoisotopic (exact) mass is 1180 g/mol. The summed E-state index contributed by atoms with van der Waals surface area (Å²) < 4.78 is 9.36. The summed E-state index contributed by atoms with van der Waals surface area (Å²) in [6.07, 6.45) is 1.93. The van der Waals surface area contributed by atoms with E-state index in [0.717, 1.165) is 55.9 Å². The number of fused-ring (bicyclic) bond motifs is 4. The Morgan fingerprint density at radius 3 is 1.54 bits per heavy atom. The minimum atomic E-state index is -0.398. The fourth-order valence-corrected chi connectivity index (χ4v) is 10.8. The van der Waals surface area contributed by atoms with Gasteiger partial charge < -0.3 is 19.1 Å². The minimum absolute atomic E-state index is 0. The number of hydrogen-bond acceptors (Lipinski definition) is 4. The molecular formula is C70H75N4OPt-3. The van der Waals surface area contributed by atoms with Crippen LogP contribution in [0.5, 0.6) is 11.5 Å². The van der Waals surface area contributed by atoms with Crippen LogP contribution in [0.1, 0.15) is 155 Å². The van der Waals surface area contributed by atoms with Crippen LogP contribution in [0.3, 0.4) is 0 Å². The predicted octanol–water partition coefficient (Wildman–Crippen LogP) is 18.8. The summed E-state index contributed by atoms with van der Waals surface area (Å²) in [5.74, 6) is 2.03. The van der Waals surface area contributed by atoms with Gasteiger partial charge >= 0.3 is 0 Å². The zero-order valence-electron chi connectivity index (χ0n) is 47.6. The number of hydrogen-bond donors (Lipinski definition) is 0. The molecule has 0 aliphatic carbocycles. The Morgan fingerprint density at radius 1 is 0.434 bits per heavy atom. The number of para-hydroxylation sites is 1. The van der Waals surface area contributed by atoms with E-state index >= 15 is 0 Å². The van der Waals surface area contributed by atoms with Gasteiger partial charge in [-0.25, -0.2) is 4.98 Å². The second-order valence-corrected chi connectivity index (χ2v) is 26.1. The molecule has 3 heterocycles. The Morgan fingerprint density at radius 2 is 0.974 bits per heavy atom. The first-order valence-corrected chi connectivity index (χ1v) is 26.8. The van der Waals surface area contributed by atoms with Crippen molar-refractivity contribution in [2.45, 2.75) is 143 Å². The van der Waals surface area contributed by atoms with E-state index < -0.39 is 5.41 Å². The van der Waals surface area contributed by atoms with E-state index in [0.29, 0.717) is 11.5 Å². The first kappa shape index (κ1) is 54.4. The second kappa shape index (κ2) is 19.5. The standard InChI is InChI=1S/C70H75N4O.Pt/c1-65(2,3)49-35-50(66(4,5)6)37-52(36-49)72-45-73(63-44-59(68(10,11)12)58(43-62(63)72)67(7,8)9)53-38-51(70(15,16)47-27-21-18-22-28-47)39-55(41-53)75-54-31-32-57-56-29-23-24-30-60(56)74(61(57)42-54)64-40-48(33-34-71-64)69(13,14)46-25-19-17-20-26-46;/h17-40,43-45H,1-16H3;/q-3;. The molecule has 0 unspecified atom stereocenters. The van der Waals surface area contributed by atoms with Crippen LogP contribution in [-0.2, 0) is 53.6 Å². The van der Waals surface area contributed by atoms with Gasteiger partial charge in [0.15, 0.2) is 0 Å². The van der Waals surface area contributed by atoms with Crippen LogP contribution in [-0.4, -0.2) is 9.55 Å². The summed E-state index contributed by atoms with van der Waals surface area (Å²) in [6, 6.07) is 62.8. The summed E-state index contributed by atoms with van der Waals surface area (Å²) in [4.78, 5) is 9.78. The van der Waals surface area contributed by atoms with Gasteiger partial charge in [-0.3, -0.25) is 0 Å². The normalized spacial score (nSPS) is 13.6. The van der Waals surface area contributed by atoms with Crippen molar-refractivity contribution in [3.8, 4) is 17.3 Å². The summed E-state index contributed by atoms with van der Waals surface area (Å²) in [5, 5.41) is 2.21. The van der Waals surface area contributed by atoms with Gasteiger partial charge in [0, 0.05) is 66.8 Å². The van der Waals surface area contributed by atoms with Crippen LogP contribution in [0.25, 0.3) is 27.6 Å². The van der Waals surface area contributed by atoms with Crippen molar-refractivity contribution in [3.05, 3.63) is 221 Å². The summed E-state index contributed by atoms with van der Waals surface area (Å²) in [7, 11) is 0. The number of rotatable bonds is 9. The molecule has 2 aromatic heterocycles. The number of benzene rings is 7. The number of nitrogens with zero attached hydrogens (tertiary/aromatic N) is 4. The van der Waals surface area contributed by atoms with Crippen LogP contribution >= 0.6 is 0 Å². The quantitative estimate of drug-likeness (QED) is 0.135. The summed E-state index contributed by atoms with van der Waals surface area (Å²) in [5.41, 5.74) is 15.3. The molecule has 0 radical (unpaired) electrons. The third-order valence-corrected chi connectivity index (χ3v) is 15.7. The Bertz CT molecular complexity index is 3560. The Balaban J connectivity index is 0.00000706. The smallest absolute Gasteiger partial charge is 0.135 e. The number of anilines is 4. The molecule has 9 aromatic rings. The maximum atomic E-state index is 7.13. The van der Waals surface area contributed by atoms with Crippen LogP contribution < -0.4 is 14.5 Å². The molecule has 394 valence electrons. The first-order chi connectivity index (χ1) is 35.2. The topological polar surface area (TPSA) is 33.5 Å². The Labute approximate surface area is 468 Å². The van der Waals surface area contributed by atoms with Crippen molar-refractivity contribution in [1.29, 1.82) is 0 Å². The van der Waals surface area contributed by atoms with Crippen molar-refractivity contribution in [2.75, 3.05) is 9.80 Å². The zero-order valence-corrected chi connectivity index (χ0v) is 49.9. The average molecular weight is 1180 g/mol. The summed E-state index contributed by atoms with van der Waals surface area (Å²) in [6.45, 7) is 39.3. The van der Waals surface area contributed by atoms with Crippen LogP contribution in [0, 0.1) is 18.8 Å². The van der Waals surface area contributed by atoms with E-state index in [1.807, 2.05) is 12.3 Å². The van der Waals surface area contributed by atoms with E-state index in [1.54, 1.807) is 0 Å². The SMILES string of the molecule is CC(C)(C)c1cc(N2[CH-]N(c3[c-]c(Oc4[c-]c5c(cc4)c4ccccc4n5-c4cc(C(C)(C)c5ccccc5)ccn4)cc(C(C)(C)c4ccccc4)c3)c3cc(C(C)(C)C)c(C(C)(C)C)cc32)cc(C(C)(C)C)c1.[Pt]. The third kappa shape index (κ3) is 10.2. The van der Waals surface area contributed by atoms with Crippen molar-refractivity contribution >= 4 is 44.6 Å². The van der Waals surface area contributed by atoms with Gasteiger partial charge in [0.25, 0.3) is 0 Å². The molecule has 0 spiro atoms. The van der Waals surface area contributed by atoms with E-state index in [-0.39, 0.29) is 48.1 Å². The van der Waals surface area contributed by atoms with Gasteiger partial charge in [-0.15, -0.1) is 53.6 Å². The second-order valence-electron chi connectivity index (χ2n) is 26.1. The third-order valence-electron chi connectivity index (χ3n) is 15.7. The van der Waals surface area contributed by atoms with Gasteiger partial charge in [0.1, 0.15) is 5.82 Å². The number of pyridine rings is 1. The zero-order chi connectivity index (χ0) is 53.6. The first-order valence-electron chi connectivity index (χ1n) is 26.8. The number of ether oxygens (including phenoxy) is 1. The Hall–Kier alpha value is -6.42. The van der Waals surface area contributed by atoms with E-state index in [1.165, 1.54) is 38.9 Å². The fourth-order valence-electron chi connectivity index (χ4n) is 10.8. The van der Waals surface area contributed by atoms with Crippen molar-refractivity contribution in [3.63, 3.8) is 0 Å². The predicted molar refractivity (Wildman–Crippen MR) is 316 cm³/mol.